The molecule has 0 saturated heterocycles. The number of anilines is 1. The minimum absolute atomic E-state index is 0.260. The zero-order valence-corrected chi connectivity index (χ0v) is 17.9. The zero-order valence-electron chi connectivity index (χ0n) is 14.8. The number of carbonyl (C=O) groups excluding carboxylic acids is 2. The largest absolute Gasteiger partial charge is 0.321 e. The van der Waals surface area contributed by atoms with E-state index in [1.54, 1.807) is 60.7 Å². The molecule has 0 aromatic heterocycles. The summed E-state index contributed by atoms with van der Waals surface area (Å²) in [5.41, 5.74) is 3.98. The quantitative estimate of drug-likeness (QED) is 0.352. The highest BCUT2D eigenvalue weighted by atomic mass is 79.9. The number of para-hydroxylation sites is 1. The summed E-state index contributed by atoms with van der Waals surface area (Å²) in [6.07, 6.45) is 1.37. The molecule has 146 valence electrons. The SMILES string of the molecule is O=C(Nc1ccccc1C(=O)N/N=C/c1c(Cl)cccc1Cl)c1ccccc1Br. The van der Waals surface area contributed by atoms with E-state index in [-0.39, 0.29) is 11.5 Å². The van der Waals surface area contributed by atoms with Crippen molar-refractivity contribution in [2.45, 2.75) is 0 Å². The number of carbonyl (C=O) groups is 2. The number of hydrogen-bond acceptors (Lipinski definition) is 3. The topological polar surface area (TPSA) is 70.6 Å². The molecule has 0 heterocycles. The minimum Gasteiger partial charge on any atom is -0.321 e. The van der Waals surface area contributed by atoms with Gasteiger partial charge in [0.25, 0.3) is 11.8 Å². The number of amides is 2. The lowest BCUT2D eigenvalue weighted by Gasteiger charge is -2.11. The van der Waals surface area contributed by atoms with Crippen molar-refractivity contribution in [2.24, 2.45) is 5.10 Å². The van der Waals surface area contributed by atoms with E-state index >= 15 is 0 Å². The molecule has 29 heavy (non-hydrogen) atoms. The molecule has 0 bridgehead atoms. The first-order valence-electron chi connectivity index (χ1n) is 8.39. The van der Waals surface area contributed by atoms with Gasteiger partial charge in [0.15, 0.2) is 0 Å². The molecule has 5 nitrogen and oxygen atoms in total. The Kier molecular flexibility index (Phi) is 7.04. The van der Waals surface area contributed by atoms with Crippen LogP contribution in [0.2, 0.25) is 10.0 Å². The monoisotopic (exact) mass is 489 g/mol. The Bertz CT molecular complexity index is 1080. The minimum atomic E-state index is -0.493. The fraction of sp³-hybridized carbons (Fsp3) is 0. The van der Waals surface area contributed by atoms with Gasteiger partial charge in [0.1, 0.15) is 0 Å². The van der Waals surface area contributed by atoms with Crippen molar-refractivity contribution in [3.8, 4) is 0 Å². The van der Waals surface area contributed by atoms with E-state index < -0.39 is 5.91 Å². The van der Waals surface area contributed by atoms with Crippen LogP contribution in [0.4, 0.5) is 5.69 Å². The van der Waals surface area contributed by atoms with Crippen LogP contribution in [0.15, 0.2) is 76.3 Å². The van der Waals surface area contributed by atoms with Crippen molar-refractivity contribution in [3.05, 3.63) is 97.9 Å². The highest BCUT2D eigenvalue weighted by molar-refractivity contribution is 9.10. The Hall–Kier alpha value is -2.67. The normalized spacial score (nSPS) is 10.7. The second kappa shape index (κ2) is 9.69. The van der Waals surface area contributed by atoms with E-state index in [4.69, 9.17) is 23.2 Å². The second-order valence-corrected chi connectivity index (χ2v) is 7.48. The molecular weight excluding hydrogens is 477 g/mol. The number of nitrogens with zero attached hydrogens (tertiary/aromatic N) is 1. The lowest BCUT2D eigenvalue weighted by molar-refractivity contribution is 0.0956. The summed E-state index contributed by atoms with van der Waals surface area (Å²) in [7, 11) is 0. The molecule has 8 heteroatoms. The van der Waals surface area contributed by atoms with Crippen LogP contribution in [0, 0.1) is 0 Å². The van der Waals surface area contributed by atoms with Gasteiger partial charge in [-0.2, -0.15) is 5.10 Å². The predicted molar refractivity (Wildman–Crippen MR) is 120 cm³/mol. The third-order valence-electron chi connectivity index (χ3n) is 3.90. The average Bonchev–Trinajstić information content (AvgIpc) is 2.70. The number of rotatable bonds is 5. The lowest BCUT2D eigenvalue weighted by atomic mass is 10.1. The Morgan fingerprint density at radius 1 is 0.828 bits per heavy atom. The maximum absolute atomic E-state index is 12.6. The van der Waals surface area contributed by atoms with Crippen LogP contribution >= 0.6 is 39.1 Å². The van der Waals surface area contributed by atoms with E-state index in [1.807, 2.05) is 6.07 Å². The maximum Gasteiger partial charge on any atom is 0.273 e. The number of hydrazone groups is 1. The Morgan fingerprint density at radius 2 is 1.45 bits per heavy atom. The van der Waals surface area contributed by atoms with E-state index in [0.29, 0.717) is 31.3 Å². The molecule has 0 fully saturated rings. The lowest BCUT2D eigenvalue weighted by Crippen LogP contribution is -2.21. The predicted octanol–water partition coefficient (Wildman–Crippen LogP) is 5.77. The molecular formula is C21H14BrCl2N3O2. The summed E-state index contributed by atoms with van der Waals surface area (Å²) in [6.45, 7) is 0. The standard InChI is InChI=1S/C21H14BrCl2N3O2/c22-16-8-3-1-6-13(16)20(28)26-19-11-4-2-7-14(19)21(29)27-25-12-15-17(23)9-5-10-18(15)24/h1-12H,(H,26,28)(H,27,29)/b25-12+. The van der Waals surface area contributed by atoms with Gasteiger partial charge in [0.2, 0.25) is 0 Å². The zero-order chi connectivity index (χ0) is 20.8. The number of benzene rings is 3. The molecule has 3 aromatic carbocycles. The fourth-order valence-electron chi connectivity index (χ4n) is 2.47. The highest BCUT2D eigenvalue weighted by Crippen LogP contribution is 2.22. The highest BCUT2D eigenvalue weighted by Gasteiger charge is 2.15. The van der Waals surface area contributed by atoms with E-state index in [0.717, 1.165) is 0 Å². The average molecular weight is 491 g/mol. The first-order chi connectivity index (χ1) is 14.0. The molecule has 0 aliphatic carbocycles. The van der Waals surface area contributed by atoms with Gasteiger partial charge in [-0.25, -0.2) is 5.43 Å². The van der Waals surface area contributed by atoms with Gasteiger partial charge in [-0.3, -0.25) is 9.59 Å². The molecule has 3 rings (SSSR count). The van der Waals surface area contributed by atoms with Crippen molar-refractivity contribution >= 4 is 62.8 Å². The van der Waals surface area contributed by atoms with Crippen LogP contribution in [0.25, 0.3) is 0 Å². The van der Waals surface area contributed by atoms with Crippen molar-refractivity contribution in [2.75, 3.05) is 5.32 Å². The molecule has 0 saturated carbocycles. The smallest absolute Gasteiger partial charge is 0.273 e. The molecule has 0 radical (unpaired) electrons. The Labute approximate surface area is 185 Å². The first kappa shape index (κ1) is 21.0. The van der Waals surface area contributed by atoms with Gasteiger partial charge < -0.3 is 5.32 Å². The summed E-state index contributed by atoms with van der Waals surface area (Å²) < 4.78 is 0.653. The number of halogens is 3. The van der Waals surface area contributed by atoms with E-state index in [2.05, 4.69) is 31.8 Å². The summed E-state index contributed by atoms with van der Waals surface area (Å²) in [4.78, 5) is 25.1. The van der Waals surface area contributed by atoms with E-state index in [1.165, 1.54) is 6.21 Å². The Morgan fingerprint density at radius 3 is 2.14 bits per heavy atom. The first-order valence-corrected chi connectivity index (χ1v) is 9.94. The van der Waals surface area contributed by atoms with Gasteiger partial charge >= 0.3 is 0 Å². The summed E-state index contributed by atoms with van der Waals surface area (Å²) >= 11 is 15.5. The van der Waals surface area contributed by atoms with Gasteiger partial charge in [-0.15, -0.1) is 0 Å². The maximum atomic E-state index is 12.6. The summed E-state index contributed by atoms with van der Waals surface area (Å²) in [5, 5.41) is 7.50. The number of nitrogens with one attached hydrogen (secondary N) is 2. The molecule has 0 spiro atoms. The van der Waals surface area contributed by atoms with Crippen molar-refractivity contribution in [1.82, 2.24) is 5.43 Å². The third kappa shape index (κ3) is 5.23. The Balaban J connectivity index is 1.76. The molecule has 0 unspecified atom stereocenters. The van der Waals surface area contributed by atoms with Gasteiger partial charge in [-0.1, -0.05) is 53.5 Å². The second-order valence-electron chi connectivity index (χ2n) is 5.81. The molecule has 0 aliphatic heterocycles. The van der Waals surface area contributed by atoms with Crippen LogP contribution in [-0.4, -0.2) is 18.0 Å². The van der Waals surface area contributed by atoms with Crippen molar-refractivity contribution < 1.29 is 9.59 Å². The van der Waals surface area contributed by atoms with Crippen LogP contribution < -0.4 is 10.7 Å². The summed E-state index contributed by atoms with van der Waals surface area (Å²) in [5.74, 6) is -0.837. The van der Waals surface area contributed by atoms with Crippen LogP contribution in [0.3, 0.4) is 0 Å². The fourth-order valence-corrected chi connectivity index (χ4v) is 3.43. The van der Waals surface area contributed by atoms with Gasteiger partial charge in [0.05, 0.1) is 33.1 Å². The summed E-state index contributed by atoms with van der Waals surface area (Å²) in [6, 6.07) is 18.7. The molecule has 3 aromatic rings. The molecule has 0 atom stereocenters. The van der Waals surface area contributed by atoms with Gasteiger partial charge in [0, 0.05) is 10.0 Å². The van der Waals surface area contributed by atoms with Crippen LogP contribution in [0.5, 0.6) is 0 Å². The number of hydrogen-bond donors (Lipinski definition) is 2. The van der Waals surface area contributed by atoms with Crippen molar-refractivity contribution in [1.29, 1.82) is 0 Å². The molecule has 2 amide bonds. The van der Waals surface area contributed by atoms with Crippen molar-refractivity contribution in [3.63, 3.8) is 0 Å². The van der Waals surface area contributed by atoms with Gasteiger partial charge in [-0.05, 0) is 52.3 Å². The molecule has 2 N–H and O–H groups in total. The van der Waals surface area contributed by atoms with E-state index in [9.17, 15) is 9.59 Å². The van der Waals surface area contributed by atoms with Crippen LogP contribution in [0.1, 0.15) is 26.3 Å². The molecule has 0 aliphatic rings. The third-order valence-corrected chi connectivity index (χ3v) is 5.25. The van der Waals surface area contributed by atoms with Crippen LogP contribution in [-0.2, 0) is 0 Å².